The van der Waals surface area contributed by atoms with E-state index in [1.807, 2.05) is 29.8 Å². The summed E-state index contributed by atoms with van der Waals surface area (Å²) in [5.41, 5.74) is 2.97. The van der Waals surface area contributed by atoms with Gasteiger partial charge in [-0.1, -0.05) is 6.07 Å². The van der Waals surface area contributed by atoms with Gasteiger partial charge in [0.05, 0.1) is 17.4 Å². The number of aryl methyl sites for hydroxylation is 1. The summed E-state index contributed by atoms with van der Waals surface area (Å²) >= 11 is 0. The van der Waals surface area contributed by atoms with Crippen molar-refractivity contribution < 1.29 is 4.79 Å². The SMILES string of the molecule is Cn1cnc2cc(CCNC(=O)c3ccc(=O)[nH]n3)ccc21. The third-order valence-electron chi connectivity index (χ3n) is 3.40. The highest BCUT2D eigenvalue weighted by Gasteiger charge is 2.07. The van der Waals surface area contributed by atoms with Crippen molar-refractivity contribution in [3.05, 3.63) is 58.3 Å². The molecule has 0 fully saturated rings. The quantitative estimate of drug-likeness (QED) is 0.738. The second kappa shape index (κ2) is 5.80. The van der Waals surface area contributed by atoms with Gasteiger partial charge in [-0.3, -0.25) is 9.59 Å². The van der Waals surface area contributed by atoms with E-state index in [0.29, 0.717) is 13.0 Å². The minimum Gasteiger partial charge on any atom is -0.350 e. The van der Waals surface area contributed by atoms with E-state index in [-0.39, 0.29) is 17.2 Å². The molecule has 0 spiro atoms. The highest BCUT2D eigenvalue weighted by atomic mass is 16.2. The van der Waals surface area contributed by atoms with Crippen LogP contribution in [0.2, 0.25) is 0 Å². The van der Waals surface area contributed by atoms with E-state index in [4.69, 9.17) is 0 Å². The zero-order valence-electron chi connectivity index (χ0n) is 12.0. The first-order valence-corrected chi connectivity index (χ1v) is 6.87. The van der Waals surface area contributed by atoms with Crippen molar-refractivity contribution in [3.8, 4) is 0 Å². The van der Waals surface area contributed by atoms with Gasteiger partial charge >= 0.3 is 0 Å². The Hall–Kier alpha value is -2.96. The largest absolute Gasteiger partial charge is 0.350 e. The lowest BCUT2D eigenvalue weighted by Crippen LogP contribution is -2.27. The first-order chi connectivity index (χ1) is 10.6. The van der Waals surface area contributed by atoms with Crippen LogP contribution in [0.5, 0.6) is 0 Å². The molecule has 2 heterocycles. The molecule has 0 saturated carbocycles. The maximum Gasteiger partial charge on any atom is 0.271 e. The number of aromatic amines is 1. The number of hydrogen-bond donors (Lipinski definition) is 2. The van der Waals surface area contributed by atoms with Crippen LogP contribution in [-0.4, -0.2) is 32.2 Å². The molecule has 112 valence electrons. The van der Waals surface area contributed by atoms with Crippen LogP contribution in [0.15, 0.2) is 41.5 Å². The molecule has 7 nitrogen and oxygen atoms in total. The minimum atomic E-state index is -0.333. The second-order valence-electron chi connectivity index (χ2n) is 4.99. The number of hydrogen-bond acceptors (Lipinski definition) is 4. The van der Waals surface area contributed by atoms with Crippen molar-refractivity contribution in [2.24, 2.45) is 7.05 Å². The Bertz CT molecular complexity index is 861. The highest BCUT2D eigenvalue weighted by molar-refractivity contribution is 5.91. The Morgan fingerprint density at radius 3 is 2.95 bits per heavy atom. The highest BCUT2D eigenvalue weighted by Crippen LogP contribution is 2.13. The van der Waals surface area contributed by atoms with Gasteiger partial charge in [-0.25, -0.2) is 10.1 Å². The van der Waals surface area contributed by atoms with Crippen LogP contribution >= 0.6 is 0 Å². The molecule has 7 heteroatoms. The normalized spacial score (nSPS) is 10.8. The summed E-state index contributed by atoms with van der Waals surface area (Å²) < 4.78 is 1.96. The minimum absolute atomic E-state index is 0.194. The van der Waals surface area contributed by atoms with Crippen molar-refractivity contribution in [2.45, 2.75) is 6.42 Å². The molecule has 0 aliphatic heterocycles. The van der Waals surface area contributed by atoms with Gasteiger partial charge in [-0.05, 0) is 30.2 Å². The van der Waals surface area contributed by atoms with Gasteiger partial charge < -0.3 is 9.88 Å². The van der Waals surface area contributed by atoms with Crippen LogP contribution in [0.1, 0.15) is 16.1 Å². The molecule has 22 heavy (non-hydrogen) atoms. The van der Waals surface area contributed by atoms with E-state index in [0.717, 1.165) is 16.6 Å². The zero-order chi connectivity index (χ0) is 15.5. The number of carbonyl (C=O) groups is 1. The lowest BCUT2D eigenvalue weighted by molar-refractivity contribution is 0.0948. The molecule has 0 aliphatic rings. The standard InChI is InChI=1S/C15H15N5O2/c1-20-9-17-12-8-10(2-4-13(12)20)6-7-16-15(22)11-3-5-14(21)19-18-11/h2-5,8-9H,6-7H2,1H3,(H,16,22)(H,19,21). The first kappa shape index (κ1) is 14.0. The summed E-state index contributed by atoms with van der Waals surface area (Å²) in [6, 6.07) is 8.72. The number of fused-ring (bicyclic) bond motifs is 1. The van der Waals surface area contributed by atoms with Gasteiger partial charge in [0, 0.05) is 19.7 Å². The van der Waals surface area contributed by atoms with Crippen molar-refractivity contribution in [3.63, 3.8) is 0 Å². The van der Waals surface area contributed by atoms with Gasteiger partial charge in [0.25, 0.3) is 11.5 Å². The van der Waals surface area contributed by atoms with Gasteiger partial charge in [0.15, 0.2) is 0 Å². The number of amides is 1. The van der Waals surface area contributed by atoms with Gasteiger partial charge in [0.1, 0.15) is 5.69 Å². The molecule has 0 aliphatic carbocycles. The van der Waals surface area contributed by atoms with E-state index < -0.39 is 0 Å². The van der Waals surface area contributed by atoms with Crippen molar-refractivity contribution in [1.82, 2.24) is 25.1 Å². The van der Waals surface area contributed by atoms with E-state index >= 15 is 0 Å². The number of imidazole rings is 1. The molecule has 0 bridgehead atoms. The fraction of sp³-hybridized carbons (Fsp3) is 0.200. The monoisotopic (exact) mass is 297 g/mol. The summed E-state index contributed by atoms with van der Waals surface area (Å²) in [5.74, 6) is -0.310. The molecule has 0 atom stereocenters. The average molecular weight is 297 g/mol. The van der Waals surface area contributed by atoms with Crippen LogP contribution in [0.25, 0.3) is 11.0 Å². The average Bonchev–Trinajstić information content (AvgIpc) is 2.89. The number of carbonyl (C=O) groups excluding carboxylic acids is 1. The molecule has 1 amide bonds. The van der Waals surface area contributed by atoms with Crippen LogP contribution in [0, 0.1) is 0 Å². The van der Waals surface area contributed by atoms with Crippen molar-refractivity contribution in [2.75, 3.05) is 6.54 Å². The Labute approximate surface area is 126 Å². The Kier molecular flexibility index (Phi) is 3.69. The molecule has 3 rings (SSSR count). The van der Waals surface area contributed by atoms with Crippen LogP contribution < -0.4 is 10.9 Å². The fourth-order valence-electron chi connectivity index (χ4n) is 2.22. The number of nitrogens with one attached hydrogen (secondary N) is 2. The first-order valence-electron chi connectivity index (χ1n) is 6.87. The molecule has 0 unspecified atom stereocenters. The topological polar surface area (TPSA) is 92.7 Å². The fourth-order valence-corrected chi connectivity index (χ4v) is 2.22. The maximum atomic E-state index is 11.9. The molecular weight excluding hydrogens is 282 g/mol. The summed E-state index contributed by atoms with van der Waals surface area (Å²) in [6.07, 6.45) is 2.47. The molecule has 2 N–H and O–H groups in total. The van der Waals surface area contributed by atoms with E-state index in [1.54, 1.807) is 6.33 Å². The number of H-pyrrole nitrogens is 1. The predicted molar refractivity (Wildman–Crippen MR) is 81.6 cm³/mol. The molecule has 1 aromatic carbocycles. The number of nitrogens with zero attached hydrogens (tertiary/aromatic N) is 3. The van der Waals surface area contributed by atoms with Crippen LogP contribution in [-0.2, 0) is 13.5 Å². The maximum absolute atomic E-state index is 11.9. The Balaban J connectivity index is 1.60. The van der Waals surface area contributed by atoms with Gasteiger partial charge in [0.2, 0.25) is 0 Å². The Morgan fingerprint density at radius 1 is 1.32 bits per heavy atom. The molecule has 0 radical (unpaired) electrons. The van der Waals surface area contributed by atoms with Crippen LogP contribution in [0.3, 0.4) is 0 Å². The van der Waals surface area contributed by atoms with Gasteiger partial charge in [-0.15, -0.1) is 0 Å². The van der Waals surface area contributed by atoms with E-state index in [1.165, 1.54) is 12.1 Å². The van der Waals surface area contributed by atoms with Crippen molar-refractivity contribution in [1.29, 1.82) is 0 Å². The predicted octanol–water partition coefficient (Wildman–Crippen LogP) is 0.629. The summed E-state index contributed by atoms with van der Waals surface area (Å²) in [7, 11) is 1.95. The lowest BCUT2D eigenvalue weighted by atomic mass is 10.1. The third kappa shape index (κ3) is 2.88. The third-order valence-corrected chi connectivity index (χ3v) is 3.40. The molecule has 2 aromatic heterocycles. The number of rotatable bonds is 4. The second-order valence-corrected chi connectivity index (χ2v) is 4.99. The number of benzene rings is 1. The smallest absolute Gasteiger partial charge is 0.271 e. The summed E-state index contributed by atoms with van der Waals surface area (Å²) in [5, 5.41) is 8.69. The van der Waals surface area contributed by atoms with Gasteiger partial charge in [-0.2, -0.15) is 5.10 Å². The summed E-state index contributed by atoms with van der Waals surface area (Å²) in [4.78, 5) is 27.1. The molecule has 0 saturated heterocycles. The zero-order valence-corrected chi connectivity index (χ0v) is 12.0. The molecular formula is C15H15N5O2. The van der Waals surface area contributed by atoms with E-state index in [2.05, 4.69) is 20.5 Å². The lowest BCUT2D eigenvalue weighted by Gasteiger charge is -2.05. The Morgan fingerprint density at radius 2 is 2.18 bits per heavy atom. The van der Waals surface area contributed by atoms with E-state index in [9.17, 15) is 9.59 Å². The summed E-state index contributed by atoms with van der Waals surface area (Å²) in [6.45, 7) is 0.484. The van der Waals surface area contributed by atoms with Crippen molar-refractivity contribution >= 4 is 16.9 Å². The van der Waals surface area contributed by atoms with Crippen LogP contribution in [0.4, 0.5) is 0 Å². The molecule has 3 aromatic rings. The number of aromatic nitrogens is 4.